The van der Waals surface area contributed by atoms with Gasteiger partial charge in [-0.15, -0.1) is 0 Å². The summed E-state index contributed by atoms with van der Waals surface area (Å²) in [6.07, 6.45) is 0.944. The minimum atomic E-state index is -0.960. The highest BCUT2D eigenvalue weighted by molar-refractivity contribution is 5.79. The highest BCUT2D eigenvalue weighted by Crippen LogP contribution is 2.36. The minimum Gasteiger partial charge on any atom is -0.383 e. The molecule has 0 radical (unpaired) electrons. The number of aryl methyl sites for hydroxylation is 1. The predicted molar refractivity (Wildman–Crippen MR) is 113 cm³/mol. The van der Waals surface area contributed by atoms with Gasteiger partial charge < -0.3 is 14.7 Å². The van der Waals surface area contributed by atoms with Gasteiger partial charge in [-0.05, 0) is 24.5 Å². The first-order valence-corrected chi connectivity index (χ1v) is 10.5. The topological polar surface area (TPSA) is 53.0 Å². The van der Waals surface area contributed by atoms with Crippen LogP contribution < -0.4 is 0 Å². The first-order chi connectivity index (χ1) is 14.1. The first-order valence-electron chi connectivity index (χ1n) is 10.5. The van der Waals surface area contributed by atoms with Crippen LogP contribution in [0.25, 0.3) is 0 Å². The molecule has 29 heavy (non-hydrogen) atoms. The van der Waals surface area contributed by atoms with E-state index < -0.39 is 5.60 Å². The summed E-state index contributed by atoms with van der Waals surface area (Å²) in [5, 5.41) is 11.8. The maximum atomic E-state index is 13.1. The molecule has 1 N–H and O–H groups in total. The number of piperidine rings is 1. The lowest BCUT2D eigenvalue weighted by molar-refractivity contribution is -0.147. The number of rotatable bonds is 4. The van der Waals surface area contributed by atoms with Gasteiger partial charge in [0, 0.05) is 26.2 Å². The Morgan fingerprint density at radius 2 is 1.86 bits per heavy atom. The summed E-state index contributed by atoms with van der Waals surface area (Å²) in [6, 6.07) is 17.9. The summed E-state index contributed by atoms with van der Waals surface area (Å²) in [6.45, 7) is 6.03. The Morgan fingerprint density at radius 1 is 1.10 bits per heavy atom. The van der Waals surface area contributed by atoms with E-state index in [-0.39, 0.29) is 11.9 Å². The van der Waals surface area contributed by atoms with Crippen LogP contribution >= 0.6 is 0 Å². The molecule has 4 rings (SSSR count). The summed E-state index contributed by atoms with van der Waals surface area (Å²) >= 11 is 0. The summed E-state index contributed by atoms with van der Waals surface area (Å²) in [7, 11) is 0. The minimum absolute atomic E-state index is 0.129. The lowest BCUT2D eigenvalue weighted by Crippen LogP contribution is -2.63. The largest absolute Gasteiger partial charge is 0.383 e. The average Bonchev–Trinajstić information content (AvgIpc) is 2.75. The highest BCUT2D eigenvalue weighted by Gasteiger charge is 2.46. The van der Waals surface area contributed by atoms with E-state index in [0.29, 0.717) is 39.1 Å². The quantitative estimate of drug-likeness (QED) is 0.865. The Kier molecular flexibility index (Phi) is 5.99. The van der Waals surface area contributed by atoms with Crippen LogP contribution in [0.4, 0.5) is 0 Å². The van der Waals surface area contributed by atoms with E-state index in [4.69, 9.17) is 4.74 Å². The Labute approximate surface area is 172 Å². The number of benzene rings is 2. The fourth-order valence-corrected chi connectivity index (χ4v) is 4.63. The molecule has 2 aromatic carbocycles. The van der Waals surface area contributed by atoms with Gasteiger partial charge in [0.25, 0.3) is 0 Å². The summed E-state index contributed by atoms with van der Waals surface area (Å²) in [4.78, 5) is 17.3. The molecule has 0 spiro atoms. The zero-order valence-corrected chi connectivity index (χ0v) is 17.1. The Morgan fingerprint density at radius 3 is 2.59 bits per heavy atom. The van der Waals surface area contributed by atoms with Crippen molar-refractivity contribution in [1.29, 1.82) is 0 Å². The molecule has 5 heteroatoms. The molecule has 0 saturated carbocycles. The molecule has 154 valence electrons. The number of hydrogen-bond donors (Lipinski definition) is 1. The number of ether oxygens (including phenoxy) is 1. The molecule has 2 heterocycles. The van der Waals surface area contributed by atoms with Gasteiger partial charge in [0.15, 0.2) is 0 Å². The van der Waals surface area contributed by atoms with Crippen LogP contribution in [0.1, 0.15) is 23.1 Å². The molecule has 5 nitrogen and oxygen atoms in total. The van der Waals surface area contributed by atoms with Crippen LogP contribution in [0.3, 0.4) is 0 Å². The van der Waals surface area contributed by atoms with Crippen LogP contribution in [0.2, 0.25) is 0 Å². The van der Waals surface area contributed by atoms with Crippen LogP contribution in [0, 0.1) is 6.92 Å². The fourth-order valence-electron chi connectivity index (χ4n) is 4.63. The maximum absolute atomic E-state index is 13.1. The lowest BCUT2D eigenvalue weighted by Gasteiger charge is -2.50. The smallest absolute Gasteiger partial charge is 0.227 e. The summed E-state index contributed by atoms with van der Waals surface area (Å²) < 4.78 is 5.53. The summed E-state index contributed by atoms with van der Waals surface area (Å²) in [5.74, 6) is 0.129. The number of carbonyl (C=O) groups excluding carboxylic acids is 1. The van der Waals surface area contributed by atoms with E-state index in [9.17, 15) is 9.90 Å². The SMILES string of the molecule is Cc1cccc(CC(=O)N2CC[C@](O)(c3ccccc3)[C@H](N3CCOCC3)C2)c1. The third-order valence-electron chi connectivity index (χ3n) is 6.26. The molecule has 2 atom stereocenters. The van der Waals surface area contributed by atoms with Crippen molar-refractivity contribution in [2.24, 2.45) is 0 Å². The standard InChI is InChI=1S/C24H30N2O3/c1-19-6-5-7-20(16-19)17-23(27)26-11-10-24(28,21-8-3-2-4-9-21)22(18-26)25-12-14-29-15-13-25/h2-9,16,22,28H,10-15,17-18H2,1H3/t22-,24+/m1/s1. The van der Waals surface area contributed by atoms with Gasteiger partial charge >= 0.3 is 0 Å². The number of aliphatic hydroxyl groups is 1. The second-order valence-corrected chi connectivity index (χ2v) is 8.21. The van der Waals surface area contributed by atoms with Crippen molar-refractivity contribution >= 4 is 5.91 Å². The van der Waals surface area contributed by atoms with Crippen molar-refractivity contribution in [1.82, 2.24) is 9.80 Å². The van der Waals surface area contributed by atoms with Gasteiger partial charge in [-0.3, -0.25) is 9.69 Å². The molecule has 0 aliphatic carbocycles. The molecular weight excluding hydrogens is 364 g/mol. The van der Waals surface area contributed by atoms with Gasteiger partial charge in [0.1, 0.15) is 5.60 Å². The van der Waals surface area contributed by atoms with Crippen molar-refractivity contribution in [2.75, 3.05) is 39.4 Å². The van der Waals surface area contributed by atoms with Gasteiger partial charge in [-0.1, -0.05) is 60.2 Å². The monoisotopic (exact) mass is 394 g/mol. The normalized spacial score (nSPS) is 25.7. The number of carbonyl (C=O) groups is 1. The summed E-state index contributed by atoms with van der Waals surface area (Å²) in [5.41, 5.74) is 2.18. The van der Waals surface area contributed by atoms with Gasteiger partial charge in [-0.2, -0.15) is 0 Å². The lowest BCUT2D eigenvalue weighted by atomic mass is 9.79. The first kappa shape index (κ1) is 20.1. The maximum Gasteiger partial charge on any atom is 0.227 e. The van der Waals surface area contributed by atoms with Crippen LogP contribution in [-0.4, -0.2) is 66.2 Å². The van der Waals surface area contributed by atoms with Crippen molar-refractivity contribution in [3.05, 3.63) is 71.3 Å². The molecule has 2 fully saturated rings. The van der Waals surface area contributed by atoms with Crippen molar-refractivity contribution in [3.63, 3.8) is 0 Å². The van der Waals surface area contributed by atoms with E-state index in [1.54, 1.807) is 0 Å². The third-order valence-corrected chi connectivity index (χ3v) is 6.26. The van der Waals surface area contributed by atoms with E-state index >= 15 is 0 Å². The Balaban J connectivity index is 1.55. The number of hydrogen-bond acceptors (Lipinski definition) is 4. The van der Waals surface area contributed by atoms with Crippen LogP contribution in [0.15, 0.2) is 54.6 Å². The molecule has 2 saturated heterocycles. The van der Waals surface area contributed by atoms with E-state index in [2.05, 4.69) is 11.0 Å². The highest BCUT2D eigenvalue weighted by atomic mass is 16.5. The van der Waals surface area contributed by atoms with Crippen molar-refractivity contribution < 1.29 is 14.6 Å². The van der Waals surface area contributed by atoms with Crippen LogP contribution in [-0.2, 0) is 21.6 Å². The zero-order valence-electron chi connectivity index (χ0n) is 17.1. The number of nitrogens with zero attached hydrogens (tertiary/aromatic N) is 2. The number of likely N-dealkylation sites (tertiary alicyclic amines) is 1. The van der Waals surface area contributed by atoms with Gasteiger partial charge in [0.2, 0.25) is 5.91 Å². The zero-order chi connectivity index (χ0) is 20.3. The number of amides is 1. The Bertz CT molecular complexity index is 835. The van der Waals surface area contributed by atoms with Crippen molar-refractivity contribution in [2.45, 2.75) is 31.4 Å². The molecular formula is C24H30N2O3. The van der Waals surface area contributed by atoms with Crippen molar-refractivity contribution in [3.8, 4) is 0 Å². The molecule has 2 aliphatic heterocycles. The third kappa shape index (κ3) is 4.37. The molecule has 0 aromatic heterocycles. The second-order valence-electron chi connectivity index (χ2n) is 8.21. The van der Waals surface area contributed by atoms with E-state index in [0.717, 1.165) is 24.2 Å². The second kappa shape index (κ2) is 8.66. The predicted octanol–water partition coefficient (Wildman–Crippen LogP) is 2.36. The molecule has 2 aliphatic rings. The molecule has 1 amide bonds. The molecule has 2 aromatic rings. The fraction of sp³-hybridized carbons (Fsp3) is 0.458. The average molecular weight is 395 g/mol. The molecule has 0 bridgehead atoms. The van der Waals surface area contributed by atoms with E-state index in [1.807, 2.05) is 60.4 Å². The van der Waals surface area contributed by atoms with Gasteiger partial charge in [-0.25, -0.2) is 0 Å². The van der Waals surface area contributed by atoms with Gasteiger partial charge in [0.05, 0.1) is 25.7 Å². The number of morpholine rings is 1. The van der Waals surface area contributed by atoms with E-state index in [1.165, 1.54) is 5.56 Å². The van der Waals surface area contributed by atoms with Crippen LogP contribution in [0.5, 0.6) is 0 Å². The molecule has 0 unspecified atom stereocenters. The Hall–Kier alpha value is -2.21.